The van der Waals surface area contributed by atoms with Gasteiger partial charge in [0.05, 0.1) is 25.5 Å². The zero-order valence-corrected chi connectivity index (χ0v) is 16.3. The number of esters is 1. The summed E-state index contributed by atoms with van der Waals surface area (Å²) in [5.74, 6) is 0.925. The molecule has 1 saturated heterocycles. The number of hydrogen-bond acceptors (Lipinski definition) is 6. The third-order valence-corrected chi connectivity index (χ3v) is 4.63. The van der Waals surface area contributed by atoms with Crippen LogP contribution < -0.4 is 15.0 Å². The molecule has 2 aromatic rings. The van der Waals surface area contributed by atoms with Crippen molar-refractivity contribution >= 4 is 23.5 Å². The first kappa shape index (κ1) is 19.5. The standard InChI is InChI=1S/C20H24N4O4/c1-14-5-4-6-18(21-14)23-9-11-24(12-10-23)20(26)22-16-13-15(19(25)28-3)7-8-17(16)27-2/h4-8,13H,9-12H2,1-3H3,(H,22,26). The number of amides is 2. The molecule has 28 heavy (non-hydrogen) atoms. The molecule has 0 spiro atoms. The number of piperazine rings is 1. The fourth-order valence-corrected chi connectivity index (χ4v) is 3.09. The third kappa shape index (κ3) is 4.33. The Kier molecular flexibility index (Phi) is 5.98. The molecule has 0 radical (unpaired) electrons. The van der Waals surface area contributed by atoms with E-state index in [1.54, 1.807) is 23.1 Å². The van der Waals surface area contributed by atoms with Crippen molar-refractivity contribution in [1.82, 2.24) is 9.88 Å². The predicted octanol–water partition coefficient (Wildman–Crippen LogP) is 2.54. The van der Waals surface area contributed by atoms with Gasteiger partial charge in [-0.05, 0) is 37.3 Å². The molecule has 0 aliphatic carbocycles. The molecule has 2 amide bonds. The molecule has 0 unspecified atom stereocenters. The van der Waals surface area contributed by atoms with Crippen LogP contribution in [0.2, 0.25) is 0 Å². The van der Waals surface area contributed by atoms with E-state index in [4.69, 9.17) is 9.47 Å². The van der Waals surface area contributed by atoms with E-state index >= 15 is 0 Å². The molecule has 8 nitrogen and oxygen atoms in total. The number of ether oxygens (including phenoxy) is 2. The third-order valence-electron chi connectivity index (χ3n) is 4.63. The lowest BCUT2D eigenvalue weighted by molar-refractivity contribution is 0.0600. The van der Waals surface area contributed by atoms with Gasteiger partial charge in [0, 0.05) is 31.9 Å². The lowest BCUT2D eigenvalue weighted by Gasteiger charge is -2.35. The second-order valence-corrected chi connectivity index (χ2v) is 6.45. The molecule has 0 bridgehead atoms. The van der Waals surface area contributed by atoms with E-state index < -0.39 is 5.97 Å². The van der Waals surface area contributed by atoms with Gasteiger partial charge in [-0.25, -0.2) is 14.6 Å². The minimum Gasteiger partial charge on any atom is -0.495 e. The SMILES string of the molecule is COC(=O)c1ccc(OC)c(NC(=O)N2CCN(c3cccc(C)n3)CC2)c1. The molecule has 1 aromatic heterocycles. The van der Waals surface area contributed by atoms with Crippen LogP contribution in [0.5, 0.6) is 5.75 Å². The second-order valence-electron chi connectivity index (χ2n) is 6.45. The van der Waals surface area contributed by atoms with Gasteiger partial charge >= 0.3 is 12.0 Å². The van der Waals surface area contributed by atoms with Gasteiger partial charge in [-0.15, -0.1) is 0 Å². The number of rotatable bonds is 4. The van der Waals surface area contributed by atoms with Crippen LogP contribution in [-0.4, -0.2) is 62.3 Å². The number of nitrogens with zero attached hydrogens (tertiary/aromatic N) is 3. The average molecular weight is 384 g/mol. The number of benzene rings is 1. The van der Waals surface area contributed by atoms with E-state index in [1.807, 2.05) is 25.1 Å². The molecule has 1 aliphatic heterocycles. The maximum Gasteiger partial charge on any atom is 0.337 e. The Bertz CT molecular complexity index is 863. The van der Waals surface area contributed by atoms with Crippen molar-refractivity contribution in [2.45, 2.75) is 6.92 Å². The van der Waals surface area contributed by atoms with Crippen molar-refractivity contribution in [3.05, 3.63) is 47.7 Å². The van der Waals surface area contributed by atoms with Crippen LogP contribution in [0.25, 0.3) is 0 Å². The highest BCUT2D eigenvalue weighted by atomic mass is 16.5. The van der Waals surface area contributed by atoms with Crippen molar-refractivity contribution in [3.8, 4) is 5.75 Å². The van der Waals surface area contributed by atoms with E-state index in [0.717, 1.165) is 11.5 Å². The number of pyridine rings is 1. The summed E-state index contributed by atoms with van der Waals surface area (Å²) in [5.41, 5.74) is 1.74. The number of carbonyl (C=O) groups excluding carboxylic acids is 2. The highest BCUT2D eigenvalue weighted by Gasteiger charge is 2.23. The van der Waals surface area contributed by atoms with Gasteiger partial charge in [0.15, 0.2) is 0 Å². The lowest BCUT2D eigenvalue weighted by atomic mass is 10.2. The summed E-state index contributed by atoms with van der Waals surface area (Å²) >= 11 is 0. The Morgan fingerprint density at radius 2 is 1.82 bits per heavy atom. The van der Waals surface area contributed by atoms with Gasteiger partial charge in [-0.1, -0.05) is 6.07 Å². The molecular formula is C20H24N4O4. The molecule has 0 saturated carbocycles. The minimum absolute atomic E-state index is 0.239. The summed E-state index contributed by atoms with van der Waals surface area (Å²) in [5, 5.41) is 2.83. The Hall–Kier alpha value is -3.29. The van der Waals surface area contributed by atoms with Crippen LogP contribution >= 0.6 is 0 Å². The summed E-state index contributed by atoms with van der Waals surface area (Å²) < 4.78 is 10.0. The normalized spacial score (nSPS) is 13.8. The minimum atomic E-state index is -0.475. The number of nitrogens with one attached hydrogen (secondary N) is 1. The first-order chi connectivity index (χ1) is 13.5. The van der Waals surface area contributed by atoms with E-state index in [2.05, 4.69) is 15.2 Å². The number of aryl methyl sites for hydroxylation is 1. The van der Waals surface area contributed by atoms with Crippen molar-refractivity contribution in [3.63, 3.8) is 0 Å². The van der Waals surface area contributed by atoms with Crippen LogP contribution in [0.1, 0.15) is 16.1 Å². The van der Waals surface area contributed by atoms with Crippen molar-refractivity contribution in [2.75, 3.05) is 50.6 Å². The molecule has 1 aromatic carbocycles. The number of methoxy groups -OCH3 is 2. The Morgan fingerprint density at radius 1 is 1.07 bits per heavy atom. The van der Waals surface area contributed by atoms with Crippen molar-refractivity contribution in [1.29, 1.82) is 0 Å². The van der Waals surface area contributed by atoms with Gasteiger partial charge in [-0.3, -0.25) is 0 Å². The molecule has 148 valence electrons. The average Bonchev–Trinajstić information content (AvgIpc) is 2.73. The summed E-state index contributed by atoms with van der Waals surface area (Å²) in [6.45, 7) is 4.50. The number of hydrogen-bond donors (Lipinski definition) is 1. The smallest absolute Gasteiger partial charge is 0.337 e. The summed E-state index contributed by atoms with van der Waals surface area (Å²) in [4.78, 5) is 32.9. The Morgan fingerprint density at radius 3 is 2.46 bits per heavy atom. The molecule has 1 aliphatic rings. The summed E-state index contributed by atoms with van der Waals surface area (Å²) in [6.07, 6.45) is 0. The first-order valence-electron chi connectivity index (χ1n) is 9.02. The fraction of sp³-hybridized carbons (Fsp3) is 0.350. The Labute approximate surface area is 164 Å². The van der Waals surface area contributed by atoms with Gasteiger partial charge in [0.25, 0.3) is 0 Å². The second kappa shape index (κ2) is 8.60. The molecule has 1 N–H and O–H groups in total. The highest BCUT2D eigenvalue weighted by molar-refractivity contribution is 5.95. The van der Waals surface area contributed by atoms with Gasteiger partial charge in [-0.2, -0.15) is 0 Å². The van der Waals surface area contributed by atoms with Gasteiger partial charge in [0.2, 0.25) is 0 Å². The first-order valence-corrected chi connectivity index (χ1v) is 9.02. The molecular weight excluding hydrogens is 360 g/mol. The molecule has 8 heteroatoms. The number of aromatic nitrogens is 1. The van der Waals surface area contributed by atoms with Crippen LogP contribution in [-0.2, 0) is 4.74 Å². The zero-order chi connectivity index (χ0) is 20.1. The van der Waals surface area contributed by atoms with Gasteiger partial charge < -0.3 is 24.6 Å². The lowest BCUT2D eigenvalue weighted by Crippen LogP contribution is -2.50. The monoisotopic (exact) mass is 384 g/mol. The zero-order valence-electron chi connectivity index (χ0n) is 16.3. The summed E-state index contributed by atoms with van der Waals surface area (Å²) in [6, 6.07) is 10.5. The van der Waals surface area contributed by atoms with E-state index in [1.165, 1.54) is 14.2 Å². The molecule has 2 heterocycles. The summed E-state index contributed by atoms with van der Waals surface area (Å²) in [7, 11) is 2.82. The number of urea groups is 1. The molecule has 0 atom stereocenters. The van der Waals surface area contributed by atoms with Crippen LogP contribution in [0, 0.1) is 6.92 Å². The maximum atomic E-state index is 12.7. The quantitative estimate of drug-likeness (QED) is 0.816. The van der Waals surface area contributed by atoms with Crippen LogP contribution in [0.3, 0.4) is 0 Å². The van der Waals surface area contributed by atoms with E-state index in [9.17, 15) is 9.59 Å². The van der Waals surface area contributed by atoms with E-state index in [-0.39, 0.29) is 6.03 Å². The van der Waals surface area contributed by atoms with Crippen LogP contribution in [0.4, 0.5) is 16.3 Å². The number of anilines is 2. The number of carbonyl (C=O) groups is 2. The van der Waals surface area contributed by atoms with Crippen molar-refractivity contribution in [2.24, 2.45) is 0 Å². The molecule has 3 rings (SSSR count). The van der Waals surface area contributed by atoms with Crippen molar-refractivity contribution < 1.29 is 19.1 Å². The topological polar surface area (TPSA) is 84.0 Å². The predicted molar refractivity (Wildman–Crippen MR) is 106 cm³/mol. The fourth-order valence-electron chi connectivity index (χ4n) is 3.09. The Balaban J connectivity index is 1.65. The van der Waals surface area contributed by atoms with E-state index in [0.29, 0.717) is 43.2 Å². The highest BCUT2D eigenvalue weighted by Crippen LogP contribution is 2.26. The van der Waals surface area contributed by atoms with Crippen LogP contribution in [0.15, 0.2) is 36.4 Å². The van der Waals surface area contributed by atoms with Gasteiger partial charge in [0.1, 0.15) is 11.6 Å². The molecule has 1 fully saturated rings. The largest absolute Gasteiger partial charge is 0.495 e. The maximum absolute atomic E-state index is 12.7.